The Morgan fingerprint density at radius 1 is 0.841 bits per heavy atom. The number of anilines is 3. The van der Waals surface area contributed by atoms with E-state index < -0.39 is 66.8 Å². The molecule has 0 radical (unpaired) electrons. The molecule has 3 aromatic carbocycles. The van der Waals surface area contributed by atoms with E-state index in [0.717, 1.165) is 12.1 Å². The number of carbonyl (C=O) groups is 3. The van der Waals surface area contributed by atoms with Crippen LogP contribution in [0.1, 0.15) is 20.7 Å². The number of morpholine rings is 1. The monoisotopic (exact) mass is 628 g/mol. The first-order chi connectivity index (χ1) is 20.9. The molecule has 230 valence electrons. The average molecular weight is 629 g/mol. The van der Waals surface area contributed by atoms with E-state index in [1.165, 1.54) is 52.8 Å². The van der Waals surface area contributed by atoms with Crippen LogP contribution in [0.5, 0.6) is 0 Å². The lowest BCUT2D eigenvalue weighted by molar-refractivity contribution is -0.392. The fraction of sp³-hybridized carbons (Fsp3) is 0.192. The zero-order valence-electron chi connectivity index (χ0n) is 22.6. The van der Waals surface area contributed by atoms with Crippen LogP contribution >= 0.6 is 0 Å². The Kier molecular flexibility index (Phi) is 9.47. The molecule has 0 bridgehead atoms. The molecule has 3 aromatic rings. The van der Waals surface area contributed by atoms with Gasteiger partial charge in [-0.2, -0.15) is 4.31 Å². The summed E-state index contributed by atoms with van der Waals surface area (Å²) in [5, 5.41) is 39.7. The van der Waals surface area contributed by atoms with E-state index in [0.29, 0.717) is 0 Å². The van der Waals surface area contributed by atoms with Crippen LogP contribution in [-0.2, 0) is 19.6 Å². The van der Waals surface area contributed by atoms with Gasteiger partial charge in [-0.3, -0.25) is 34.6 Å². The van der Waals surface area contributed by atoms with E-state index in [2.05, 4.69) is 16.0 Å². The predicted molar refractivity (Wildman–Crippen MR) is 153 cm³/mol. The molecule has 0 atom stereocenters. The number of carboxylic acids is 1. The Morgan fingerprint density at radius 3 is 1.91 bits per heavy atom. The van der Waals surface area contributed by atoms with Gasteiger partial charge < -0.3 is 25.8 Å². The summed E-state index contributed by atoms with van der Waals surface area (Å²) in [6.07, 6.45) is 0. The van der Waals surface area contributed by atoms with Gasteiger partial charge in [-0.25, -0.2) is 8.42 Å². The quantitative estimate of drug-likeness (QED) is 0.177. The lowest BCUT2D eigenvalue weighted by Gasteiger charge is -2.26. The van der Waals surface area contributed by atoms with E-state index >= 15 is 0 Å². The normalized spacial score (nSPS) is 13.5. The highest BCUT2D eigenvalue weighted by molar-refractivity contribution is 7.89. The first kappa shape index (κ1) is 31.5. The molecule has 0 aliphatic carbocycles. The molecule has 2 amide bonds. The molecule has 0 saturated carbocycles. The molecule has 17 nitrogen and oxygen atoms in total. The van der Waals surface area contributed by atoms with E-state index in [9.17, 15) is 43.0 Å². The van der Waals surface area contributed by atoms with Crippen molar-refractivity contribution in [2.24, 2.45) is 0 Å². The summed E-state index contributed by atoms with van der Waals surface area (Å²) >= 11 is 0. The van der Waals surface area contributed by atoms with Gasteiger partial charge in [0.1, 0.15) is 6.54 Å². The van der Waals surface area contributed by atoms with Crippen LogP contribution < -0.4 is 16.0 Å². The third-order valence-corrected chi connectivity index (χ3v) is 8.20. The fourth-order valence-corrected chi connectivity index (χ4v) is 5.52. The van der Waals surface area contributed by atoms with Crippen molar-refractivity contribution in [1.82, 2.24) is 9.62 Å². The fourth-order valence-electron chi connectivity index (χ4n) is 4.12. The number of carbonyl (C=O) groups excluding carboxylic acids is 2. The molecule has 1 fully saturated rings. The van der Waals surface area contributed by atoms with Crippen molar-refractivity contribution in [2.45, 2.75) is 4.90 Å². The van der Waals surface area contributed by atoms with E-state index in [1.807, 2.05) is 0 Å². The standard InChI is InChI=1S/C26H24N6O11S/c33-23(34)15-27-25(35)16-1-3-18(4-2-16)28-24-21(31(37)38)13-17(14-22(24)32(39)40)26(36)29-19-5-7-20(8-6-19)44(41,42)30-9-11-43-12-10-30/h1-8,13-14,28H,9-12,15H2,(H,27,35)(H,29,36)(H,33,34). The number of ether oxygens (including phenoxy) is 1. The molecule has 44 heavy (non-hydrogen) atoms. The number of benzene rings is 3. The molecule has 1 aliphatic heterocycles. The number of hydrogen-bond donors (Lipinski definition) is 4. The average Bonchev–Trinajstić information content (AvgIpc) is 3.00. The Hall–Kier alpha value is -5.46. The van der Waals surface area contributed by atoms with Crippen molar-refractivity contribution in [3.63, 3.8) is 0 Å². The Bertz CT molecular complexity index is 1690. The van der Waals surface area contributed by atoms with Crippen molar-refractivity contribution >= 4 is 56.2 Å². The zero-order valence-corrected chi connectivity index (χ0v) is 23.4. The number of nitrogens with one attached hydrogen (secondary N) is 3. The van der Waals surface area contributed by atoms with Crippen molar-refractivity contribution in [3.05, 3.63) is 92.0 Å². The zero-order chi connectivity index (χ0) is 32.0. The van der Waals surface area contributed by atoms with Gasteiger partial charge in [-0.05, 0) is 48.5 Å². The summed E-state index contributed by atoms with van der Waals surface area (Å²) in [6.45, 7) is 0.308. The summed E-state index contributed by atoms with van der Waals surface area (Å²) in [6, 6.07) is 12.0. The molecular formula is C26H24N6O11S. The molecule has 4 N–H and O–H groups in total. The van der Waals surface area contributed by atoms with Gasteiger partial charge in [0, 0.05) is 42.2 Å². The first-order valence-electron chi connectivity index (χ1n) is 12.7. The second-order valence-electron chi connectivity index (χ2n) is 9.18. The predicted octanol–water partition coefficient (Wildman–Crippen LogP) is 2.33. The third kappa shape index (κ3) is 7.30. The summed E-state index contributed by atoms with van der Waals surface area (Å²) in [5.41, 5.74) is -2.20. The SMILES string of the molecule is O=C(O)CNC(=O)c1ccc(Nc2c([N+](=O)[O-])cc(C(=O)Nc3ccc(S(=O)(=O)N4CCOCC4)cc3)cc2[N+](=O)[O-])cc1. The minimum Gasteiger partial charge on any atom is -0.480 e. The Morgan fingerprint density at radius 2 is 1.39 bits per heavy atom. The minimum atomic E-state index is -3.79. The van der Waals surface area contributed by atoms with Crippen LogP contribution in [0.25, 0.3) is 0 Å². The molecule has 0 unspecified atom stereocenters. The summed E-state index contributed by atoms with van der Waals surface area (Å²) in [7, 11) is -3.79. The van der Waals surface area contributed by atoms with Crippen LogP contribution in [0.3, 0.4) is 0 Å². The number of nitrogens with zero attached hydrogens (tertiary/aromatic N) is 3. The number of amides is 2. The van der Waals surface area contributed by atoms with Crippen molar-refractivity contribution in [1.29, 1.82) is 0 Å². The summed E-state index contributed by atoms with van der Waals surface area (Å²) in [5.74, 6) is -2.87. The number of rotatable bonds is 11. The topological polar surface area (TPSA) is 240 Å². The molecule has 18 heteroatoms. The maximum atomic E-state index is 13.0. The smallest absolute Gasteiger partial charge is 0.322 e. The summed E-state index contributed by atoms with van der Waals surface area (Å²) < 4.78 is 32.1. The number of carboxylic acid groups (broad SMARTS) is 1. The largest absolute Gasteiger partial charge is 0.480 e. The van der Waals surface area contributed by atoms with E-state index in [-0.39, 0.29) is 48.1 Å². The maximum Gasteiger partial charge on any atom is 0.322 e. The molecule has 1 aliphatic rings. The van der Waals surface area contributed by atoms with Gasteiger partial charge >= 0.3 is 17.3 Å². The second-order valence-corrected chi connectivity index (χ2v) is 11.1. The van der Waals surface area contributed by atoms with Gasteiger partial charge in [-0.1, -0.05) is 0 Å². The van der Waals surface area contributed by atoms with Gasteiger partial charge in [0.2, 0.25) is 10.0 Å². The second kappa shape index (κ2) is 13.2. The van der Waals surface area contributed by atoms with Gasteiger partial charge in [0.15, 0.2) is 5.69 Å². The molecule has 0 spiro atoms. The molecule has 4 rings (SSSR count). The first-order valence-corrected chi connectivity index (χ1v) is 14.1. The maximum absolute atomic E-state index is 13.0. The molecular weight excluding hydrogens is 604 g/mol. The van der Waals surface area contributed by atoms with Crippen LogP contribution in [-0.4, -0.2) is 78.3 Å². The number of aliphatic carboxylic acids is 1. The number of nitro benzene ring substituents is 2. The lowest BCUT2D eigenvalue weighted by Crippen LogP contribution is -2.40. The summed E-state index contributed by atoms with van der Waals surface area (Å²) in [4.78, 5) is 57.6. The van der Waals surface area contributed by atoms with Crippen LogP contribution in [0.2, 0.25) is 0 Å². The minimum absolute atomic E-state index is 0.0203. The van der Waals surface area contributed by atoms with Crippen molar-refractivity contribution < 1.29 is 42.5 Å². The van der Waals surface area contributed by atoms with Crippen LogP contribution in [0, 0.1) is 20.2 Å². The number of sulfonamides is 1. The highest BCUT2D eigenvalue weighted by atomic mass is 32.2. The number of nitro groups is 2. The van der Waals surface area contributed by atoms with E-state index in [4.69, 9.17) is 9.84 Å². The van der Waals surface area contributed by atoms with Crippen LogP contribution in [0.4, 0.5) is 28.4 Å². The molecule has 1 saturated heterocycles. The van der Waals surface area contributed by atoms with Gasteiger partial charge in [0.25, 0.3) is 11.8 Å². The van der Waals surface area contributed by atoms with Crippen molar-refractivity contribution in [2.75, 3.05) is 43.5 Å². The highest BCUT2D eigenvalue weighted by Gasteiger charge is 2.30. The lowest BCUT2D eigenvalue weighted by atomic mass is 10.1. The van der Waals surface area contributed by atoms with E-state index in [1.54, 1.807) is 0 Å². The van der Waals surface area contributed by atoms with Crippen LogP contribution in [0.15, 0.2) is 65.6 Å². The highest BCUT2D eigenvalue weighted by Crippen LogP contribution is 2.38. The van der Waals surface area contributed by atoms with Gasteiger partial charge in [0.05, 0.1) is 33.5 Å². The molecule has 1 heterocycles. The third-order valence-electron chi connectivity index (χ3n) is 6.29. The number of hydrogen-bond acceptors (Lipinski definition) is 11. The van der Waals surface area contributed by atoms with Crippen molar-refractivity contribution in [3.8, 4) is 0 Å². The Balaban J connectivity index is 1.55. The van der Waals surface area contributed by atoms with Gasteiger partial charge in [-0.15, -0.1) is 0 Å². The Labute approximate surface area is 248 Å². The molecule has 0 aromatic heterocycles.